The van der Waals surface area contributed by atoms with Crippen molar-refractivity contribution in [2.75, 3.05) is 0 Å². The van der Waals surface area contributed by atoms with Crippen LogP contribution >= 0.6 is 23.2 Å². The number of aliphatic hydroxyl groups is 1. The van der Waals surface area contributed by atoms with E-state index < -0.39 is 6.10 Å². The third-order valence-electron chi connectivity index (χ3n) is 2.55. The predicted molar refractivity (Wildman–Crippen MR) is 76.9 cm³/mol. The van der Waals surface area contributed by atoms with E-state index in [0.29, 0.717) is 10.0 Å². The molecular formula is C15H12Cl2O. The third kappa shape index (κ3) is 3.61. The van der Waals surface area contributed by atoms with E-state index in [9.17, 15) is 5.11 Å². The molecule has 1 nitrogen and oxygen atoms in total. The molecule has 18 heavy (non-hydrogen) atoms. The molecule has 0 aliphatic heterocycles. The zero-order valence-electron chi connectivity index (χ0n) is 9.55. The molecule has 0 spiro atoms. The zero-order valence-corrected chi connectivity index (χ0v) is 11.1. The number of aliphatic hydroxyl groups excluding tert-OH is 1. The fourth-order valence-electron chi connectivity index (χ4n) is 1.55. The summed E-state index contributed by atoms with van der Waals surface area (Å²) >= 11 is 11.6. The Morgan fingerprint density at radius 2 is 1.33 bits per heavy atom. The first-order valence-corrected chi connectivity index (χ1v) is 6.28. The highest BCUT2D eigenvalue weighted by Gasteiger charge is 2.02. The molecule has 0 aliphatic rings. The summed E-state index contributed by atoms with van der Waals surface area (Å²) in [5.74, 6) is 0. The van der Waals surface area contributed by atoms with Crippen LogP contribution in [0.4, 0.5) is 0 Å². The van der Waals surface area contributed by atoms with Crippen LogP contribution in [0.25, 0.3) is 6.08 Å². The van der Waals surface area contributed by atoms with E-state index in [1.54, 1.807) is 30.3 Å². The molecule has 2 aromatic carbocycles. The van der Waals surface area contributed by atoms with E-state index in [1.165, 1.54) is 0 Å². The van der Waals surface area contributed by atoms with Gasteiger partial charge in [0, 0.05) is 10.0 Å². The molecule has 0 aromatic heterocycles. The van der Waals surface area contributed by atoms with Crippen LogP contribution in [0.2, 0.25) is 10.0 Å². The van der Waals surface area contributed by atoms with E-state index in [4.69, 9.17) is 23.2 Å². The van der Waals surface area contributed by atoms with Gasteiger partial charge in [0.05, 0.1) is 6.10 Å². The van der Waals surface area contributed by atoms with Crippen LogP contribution in [0.15, 0.2) is 54.6 Å². The first-order valence-electron chi connectivity index (χ1n) is 5.52. The lowest BCUT2D eigenvalue weighted by Gasteiger charge is -2.05. The van der Waals surface area contributed by atoms with Crippen molar-refractivity contribution in [1.82, 2.24) is 0 Å². The van der Waals surface area contributed by atoms with E-state index in [2.05, 4.69) is 0 Å². The standard InChI is InChI=1S/C15H12Cl2O/c16-13-6-1-11(2-7-13)3-10-15(18)12-4-8-14(17)9-5-12/h1-10,15,18H/b10-3+/t15-/m1/s1. The molecule has 0 bridgehead atoms. The molecule has 92 valence electrons. The smallest absolute Gasteiger partial charge is 0.0975 e. The van der Waals surface area contributed by atoms with Gasteiger partial charge in [-0.05, 0) is 35.4 Å². The van der Waals surface area contributed by atoms with Crippen molar-refractivity contribution in [2.45, 2.75) is 6.10 Å². The Hall–Kier alpha value is -1.28. The van der Waals surface area contributed by atoms with Crippen molar-refractivity contribution in [2.24, 2.45) is 0 Å². The molecule has 0 saturated carbocycles. The van der Waals surface area contributed by atoms with Crippen LogP contribution in [0.3, 0.4) is 0 Å². The molecule has 0 saturated heterocycles. The lowest BCUT2D eigenvalue weighted by Crippen LogP contribution is -1.91. The minimum absolute atomic E-state index is 0.641. The van der Waals surface area contributed by atoms with E-state index in [1.807, 2.05) is 30.3 Å². The van der Waals surface area contributed by atoms with Crippen molar-refractivity contribution in [1.29, 1.82) is 0 Å². The topological polar surface area (TPSA) is 20.2 Å². The molecule has 0 fully saturated rings. The Labute approximate surface area is 116 Å². The monoisotopic (exact) mass is 278 g/mol. The van der Waals surface area contributed by atoms with Gasteiger partial charge >= 0.3 is 0 Å². The Bertz CT molecular complexity index is 529. The summed E-state index contributed by atoms with van der Waals surface area (Å²) in [6.07, 6.45) is 2.94. The van der Waals surface area contributed by atoms with Gasteiger partial charge in [-0.2, -0.15) is 0 Å². The van der Waals surface area contributed by atoms with Gasteiger partial charge in [-0.25, -0.2) is 0 Å². The van der Waals surface area contributed by atoms with Gasteiger partial charge in [-0.3, -0.25) is 0 Å². The Kier molecular flexibility index (Phi) is 4.43. The number of benzene rings is 2. The van der Waals surface area contributed by atoms with Crippen molar-refractivity contribution >= 4 is 29.3 Å². The molecular weight excluding hydrogens is 267 g/mol. The number of rotatable bonds is 3. The van der Waals surface area contributed by atoms with Crippen molar-refractivity contribution in [3.05, 3.63) is 75.8 Å². The minimum atomic E-state index is -0.641. The molecule has 1 N–H and O–H groups in total. The summed E-state index contributed by atoms with van der Waals surface area (Å²) in [5.41, 5.74) is 1.80. The largest absolute Gasteiger partial charge is 0.384 e. The second kappa shape index (κ2) is 6.05. The van der Waals surface area contributed by atoms with Crippen LogP contribution in [0, 0.1) is 0 Å². The Balaban J connectivity index is 2.08. The summed E-state index contributed by atoms with van der Waals surface area (Å²) < 4.78 is 0. The first-order chi connectivity index (χ1) is 8.65. The quantitative estimate of drug-likeness (QED) is 0.860. The van der Waals surface area contributed by atoms with Crippen LogP contribution < -0.4 is 0 Å². The fourth-order valence-corrected chi connectivity index (χ4v) is 1.80. The van der Waals surface area contributed by atoms with Crippen LogP contribution in [-0.4, -0.2) is 5.11 Å². The number of hydrogen-bond acceptors (Lipinski definition) is 1. The minimum Gasteiger partial charge on any atom is -0.384 e. The van der Waals surface area contributed by atoms with Gasteiger partial charge < -0.3 is 5.11 Å². The maximum atomic E-state index is 9.97. The first kappa shape index (κ1) is 13.2. The molecule has 2 aromatic rings. The SMILES string of the molecule is O[C@H](/C=C/c1ccc(Cl)cc1)c1ccc(Cl)cc1. The van der Waals surface area contributed by atoms with Crippen LogP contribution in [0.1, 0.15) is 17.2 Å². The molecule has 0 aliphatic carbocycles. The molecule has 0 heterocycles. The van der Waals surface area contributed by atoms with Crippen LogP contribution in [0.5, 0.6) is 0 Å². The average Bonchev–Trinajstić information content (AvgIpc) is 2.38. The summed E-state index contributed by atoms with van der Waals surface area (Å²) in [5, 5.41) is 11.3. The Morgan fingerprint density at radius 3 is 1.89 bits per heavy atom. The normalized spacial score (nSPS) is 12.8. The van der Waals surface area contributed by atoms with Gasteiger partial charge in [-0.15, -0.1) is 0 Å². The van der Waals surface area contributed by atoms with Crippen molar-refractivity contribution in [3.8, 4) is 0 Å². The fraction of sp³-hybridized carbons (Fsp3) is 0.0667. The second-order valence-corrected chi connectivity index (χ2v) is 4.78. The van der Waals surface area contributed by atoms with Crippen molar-refractivity contribution in [3.63, 3.8) is 0 Å². The highest BCUT2D eigenvalue weighted by atomic mass is 35.5. The molecule has 2 rings (SSSR count). The molecule has 0 unspecified atom stereocenters. The van der Waals surface area contributed by atoms with E-state index in [-0.39, 0.29) is 0 Å². The highest BCUT2D eigenvalue weighted by Crippen LogP contribution is 2.19. The maximum Gasteiger partial charge on any atom is 0.0975 e. The predicted octanol–water partition coefficient (Wildman–Crippen LogP) is 4.74. The van der Waals surface area contributed by atoms with Gasteiger partial charge in [0.15, 0.2) is 0 Å². The molecule has 0 amide bonds. The second-order valence-electron chi connectivity index (χ2n) is 3.91. The van der Waals surface area contributed by atoms with Gasteiger partial charge in [0.2, 0.25) is 0 Å². The number of hydrogen-bond donors (Lipinski definition) is 1. The zero-order chi connectivity index (χ0) is 13.0. The highest BCUT2D eigenvalue weighted by molar-refractivity contribution is 6.30. The maximum absolute atomic E-state index is 9.97. The van der Waals surface area contributed by atoms with Gasteiger partial charge in [0.25, 0.3) is 0 Å². The lowest BCUT2D eigenvalue weighted by atomic mass is 10.1. The van der Waals surface area contributed by atoms with Gasteiger partial charge in [0.1, 0.15) is 0 Å². The lowest BCUT2D eigenvalue weighted by molar-refractivity contribution is 0.229. The Morgan fingerprint density at radius 1 is 0.833 bits per heavy atom. The third-order valence-corrected chi connectivity index (χ3v) is 3.06. The molecule has 1 atom stereocenters. The summed E-state index contributed by atoms with van der Waals surface area (Å²) in [6, 6.07) is 14.6. The molecule has 3 heteroatoms. The van der Waals surface area contributed by atoms with E-state index in [0.717, 1.165) is 11.1 Å². The summed E-state index contributed by atoms with van der Waals surface area (Å²) in [7, 11) is 0. The van der Waals surface area contributed by atoms with Crippen LogP contribution in [-0.2, 0) is 0 Å². The van der Waals surface area contributed by atoms with Gasteiger partial charge in [-0.1, -0.05) is 59.6 Å². The summed E-state index contributed by atoms with van der Waals surface area (Å²) in [4.78, 5) is 0. The van der Waals surface area contributed by atoms with Crippen molar-refractivity contribution < 1.29 is 5.11 Å². The molecule has 0 radical (unpaired) electrons. The average molecular weight is 279 g/mol. The van der Waals surface area contributed by atoms with E-state index >= 15 is 0 Å². The number of halogens is 2. The summed E-state index contributed by atoms with van der Waals surface area (Å²) in [6.45, 7) is 0.